The van der Waals surface area contributed by atoms with Gasteiger partial charge >= 0.3 is 0 Å². The molecule has 10 heavy (non-hydrogen) atoms. The molecule has 54 valence electrons. The Morgan fingerprint density at radius 1 is 1.60 bits per heavy atom. The minimum atomic E-state index is -3.40. The second-order valence-corrected chi connectivity index (χ2v) is 3.32. The first-order chi connectivity index (χ1) is 4.51. The number of carbonyl (C=O) groups is 1. The summed E-state index contributed by atoms with van der Waals surface area (Å²) in [5.74, 6) is -0.836. The topological polar surface area (TPSA) is 89.6 Å². The van der Waals surface area contributed by atoms with Crippen molar-refractivity contribution >= 4 is 21.3 Å². The van der Waals surface area contributed by atoms with Gasteiger partial charge in [-0.15, -0.1) is 0 Å². The summed E-state index contributed by atoms with van der Waals surface area (Å²) >= 11 is 0. The molecule has 0 aromatic rings. The Balaban J connectivity index is 3.11. The van der Waals surface area contributed by atoms with Gasteiger partial charge in [0.25, 0.3) is 5.91 Å². The summed E-state index contributed by atoms with van der Waals surface area (Å²) in [5, 5.41) is 0.731. The molecule has 0 aliphatic carbocycles. The monoisotopic (exact) mass is 160 g/mol. The molecule has 2 N–H and O–H groups in total. The Hall–Kier alpha value is -1.17. The van der Waals surface area contributed by atoms with Gasteiger partial charge in [-0.2, -0.15) is 0 Å². The third kappa shape index (κ3) is 1.21. The smallest absolute Gasteiger partial charge is 0.268 e. The molecule has 0 fully saturated rings. The summed E-state index contributed by atoms with van der Waals surface area (Å²) in [4.78, 5) is 13.5. The molecule has 0 unspecified atom stereocenters. The molecule has 1 rings (SSSR count). The van der Waals surface area contributed by atoms with Crippen LogP contribution in [-0.4, -0.2) is 19.9 Å². The van der Waals surface area contributed by atoms with E-state index in [-0.39, 0.29) is 5.70 Å². The molecule has 0 saturated carbocycles. The van der Waals surface area contributed by atoms with Crippen molar-refractivity contribution in [2.45, 2.75) is 0 Å². The molecule has 1 amide bonds. The van der Waals surface area contributed by atoms with Crippen LogP contribution in [0.25, 0.3) is 0 Å². The summed E-state index contributed by atoms with van der Waals surface area (Å²) in [6.45, 7) is 0. The van der Waals surface area contributed by atoms with Crippen LogP contribution in [0.4, 0.5) is 0 Å². The highest BCUT2D eigenvalue weighted by Crippen LogP contribution is 2.06. The predicted molar refractivity (Wildman–Crippen MR) is 34.7 cm³/mol. The second kappa shape index (κ2) is 1.91. The molecule has 0 aromatic heterocycles. The van der Waals surface area contributed by atoms with E-state index in [2.05, 4.69) is 4.99 Å². The fourth-order valence-corrected chi connectivity index (χ4v) is 1.28. The van der Waals surface area contributed by atoms with Gasteiger partial charge < -0.3 is 5.73 Å². The summed E-state index contributed by atoms with van der Waals surface area (Å²) in [5.41, 5.74) is 5.20. The van der Waals surface area contributed by atoms with Gasteiger partial charge in [0.15, 0.2) is 0 Å². The number of nitrogens with two attached hydrogens (primary N) is 1. The number of amides is 1. The zero-order chi connectivity index (χ0) is 7.78. The molecule has 0 spiro atoms. The van der Waals surface area contributed by atoms with Gasteiger partial charge in [-0.05, 0) is 0 Å². The van der Waals surface area contributed by atoms with Crippen molar-refractivity contribution < 1.29 is 13.2 Å². The molecule has 0 atom stereocenters. The van der Waals surface area contributed by atoms with Crippen LogP contribution in [0, 0.1) is 0 Å². The number of hydrogen-bond acceptors (Lipinski definition) is 4. The summed E-state index contributed by atoms with van der Waals surface area (Å²) in [7, 11) is -3.40. The molecule has 1 aliphatic heterocycles. The van der Waals surface area contributed by atoms with Crippen molar-refractivity contribution in [3.63, 3.8) is 0 Å². The standard InChI is InChI=1S/C4H4N2O3S/c5-4(7)3-1-10(8,9)2-6-3/h1-2H,(H2,5,7). The summed E-state index contributed by atoms with van der Waals surface area (Å²) in [6.07, 6.45) is 0. The molecule has 5 nitrogen and oxygen atoms in total. The van der Waals surface area contributed by atoms with Crippen LogP contribution in [0.5, 0.6) is 0 Å². The Labute approximate surface area is 57.2 Å². The predicted octanol–water partition coefficient (Wildman–Crippen LogP) is -1.23. The lowest BCUT2D eigenvalue weighted by Crippen LogP contribution is -2.11. The molecule has 0 aromatic carbocycles. The minimum absolute atomic E-state index is 0.222. The van der Waals surface area contributed by atoms with Gasteiger partial charge in [0.1, 0.15) is 11.2 Å². The molecule has 1 heterocycles. The molecule has 0 saturated heterocycles. The maximum Gasteiger partial charge on any atom is 0.268 e. The van der Waals surface area contributed by atoms with E-state index in [1.54, 1.807) is 0 Å². The van der Waals surface area contributed by atoms with Crippen molar-refractivity contribution in [3.8, 4) is 0 Å². The summed E-state index contributed by atoms with van der Waals surface area (Å²) in [6, 6.07) is 0. The lowest BCUT2D eigenvalue weighted by molar-refractivity contribution is -0.114. The van der Waals surface area contributed by atoms with Crippen LogP contribution in [0.1, 0.15) is 0 Å². The largest absolute Gasteiger partial charge is 0.364 e. The lowest BCUT2D eigenvalue weighted by Gasteiger charge is -1.83. The third-order valence-corrected chi connectivity index (χ3v) is 1.82. The van der Waals surface area contributed by atoms with E-state index in [0.29, 0.717) is 5.55 Å². The highest BCUT2D eigenvalue weighted by molar-refractivity contribution is 8.07. The molecular formula is C4H4N2O3S. The zero-order valence-corrected chi connectivity index (χ0v) is 5.63. The lowest BCUT2D eigenvalue weighted by atomic mass is 10.5. The minimum Gasteiger partial charge on any atom is -0.364 e. The number of hydrogen-bond donors (Lipinski definition) is 1. The average Bonchev–Trinajstić information content (AvgIpc) is 2.10. The van der Waals surface area contributed by atoms with Gasteiger partial charge in [-0.25, -0.2) is 13.4 Å². The molecule has 0 radical (unpaired) electrons. The highest BCUT2D eigenvalue weighted by Gasteiger charge is 2.16. The maximum atomic E-state index is 10.5. The fraction of sp³-hybridized carbons (Fsp3) is 0. The number of sulfone groups is 1. The average molecular weight is 160 g/mol. The van der Waals surface area contributed by atoms with Gasteiger partial charge in [0.05, 0.1) is 5.41 Å². The Kier molecular flexibility index (Phi) is 1.33. The molecule has 0 bridgehead atoms. The first-order valence-corrected chi connectivity index (χ1v) is 3.93. The number of nitrogens with zero attached hydrogens (tertiary/aromatic N) is 1. The van der Waals surface area contributed by atoms with E-state index >= 15 is 0 Å². The van der Waals surface area contributed by atoms with Crippen molar-refractivity contribution in [2.75, 3.05) is 0 Å². The molecule has 6 heteroatoms. The number of aliphatic imine (C=N–C) groups is 1. The quantitative estimate of drug-likeness (QED) is 0.520. The van der Waals surface area contributed by atoms with Crippen LogP contribution in [0.3, 0.4) is 0 Å². The van der Waals surface area contributed by atoms with Crippen molar-refractivity contribution in [3.05, 3.63) is 11.1 Å². The summed E-state index contributed by atoms with van der Waals surface area (Å²) < 4.78 is 21.0. The van der Waals surface area contributed by atoms with Gasteiger partial charge in [-0.1, -0.05) is 0 Å². The van der Waals surface area contributed by atoms with Crippen LogP contribution < -0.4 is 5.73 Å². The zero-order valence-electron chi connectivity index (χ0n) is 4.81. The Morgan fingerprint density at radius 3 is 2.40 bits per heavy atom. The maximum absolute atomic E-state index is 10.5. The van der Waals surface area contributed by atoms with Gasteiger partial charge in [-0.3, -0.25) is 4.79 Å². The SMILES string of the molecule is NC(=O)C1=CS(=O)(=O)C=N1. The first kappa shape index (κ1) is 6.94. The highest BCUT2D eigenvalue weighted by atomic mass is 32.2. The van der Waals surface area contributed by atoms with E-state index in [0.717, 1.165) is 5.41 Å². The van der Waals surface area contributed by atoms with Crippen molar-refractivity contribution in [1.29, 1.82) is 0 Å². The van der Waals surface area contributed by atoms with E-state index in [1.165, 1.54) is 0 Å². The van der Waals surface area contributed by atoms with E-state index in [1.807, 2.05) is 0 Å². The van der Waals surface area contributed by atoms with Crippen molar-refractivity contribution in [2.24, 2.45) is 10.7 Å². The van der Waals surface area contributed by atoms with E-state index in [9.17, 15) is 13.2 Å². The molecular weight excluding hydrogens is 156 g/mol. The van der Waals surface area contributed by atoms with Gasteiger partial charge in [0, 0.05) is 0 Å². The molecule has 1 aliphatic rings. The Bertz CT molecular complexity index is 324. The van der Waals surface area contributed by atoms with E-state index < -0.39 is 15.7 Å². The van der Waals surface area contributed by atoms with Crippen LogP contribution in [0.15, 0.2) is 16.1 Å². The van der Waals surface area contributed by atoms with Gasteiger partial charge in [0.2, 0.25) is 9.84 Å². The Morgan fingerprint density at radius 2 is 2.20 bits per heavy atom. The van der Waals surface area contributed by atoms with E-state index in [4.69, 9.17) is 5.73 Å². The number of rotatable bonds is 1. The number of carbonyl (C=O) groups excluding carboxylic acids is 1. The number of primary amides is 1. The second-order valence-electron chi connectivity index (χ2n) is 1.69. The fourth-order valence-electron chi connectivity index (χ4n) is 0.468. The first-order valence-electron chi connectivity index (χ1n) is 2.32. The van der Waals surface area contributed by atoms with Crippen LogP contribution in [-0.2, 0) is 14.6 Å². The van der Waals surface area contributed by atoms with Crippen LogP contribution >= 0.6 is 0 Å². The van der Waals surface area contributed by atoms with Crippen molar-refractivity contribution in [1.82, 2.24) is 0 Å². The normalized spacial score (nSPS) is 20.6. The van der Waals surface area contributed by atoms with Crippen LogP contribution in [0.2, 0.25) is 0 Å². The third-order valence-electron chi connectivity index (χ3n) is 0.867.